The average Bonchev–Trinajstić information content (AvgIpc) is 2.56. The van der Waals surface area contributed by atoms with Crippen molar-refractivity contribution in [3.05, 3.63) is 47.8 Å². The van der Waals surface area contributed by atoms with Crippen LogP contribution in [0.25, 0.3) is 11.4 Å². The van der Waals surface area contributed by atoms with E-state index in [9.17, 15) is 4.79 Å². The highest BCUT2D eigenvalue weighted by Crippen LogP contribution is 2.29. The molecule has 0 saturated carbocycles. The maximum absolute atomic E-state index is 11.8. The number of aromatic nitrogens is 2. The molecule has 0 spiro atoms. The van der Waals surface area contributed by atoms with E-state index in [1.54, 1.807) is 7.05 Å². The van der Waals surface area contributed by atoms with Crippen LogP contribution < -0.4 is 10.6 Å². The molecular formula is C17H20N4O. The van der Waals surface area contributed by atoms with Gasteiger partial charge >= 0.3 is 0 Å². The summed E-state index contributed by atoms with van der Waals surface area (Å²) in [5.41, 5.74) is 3.12. The molecule has 0 saturated heterocycles. The van der Waals surface area contributed by atoms with E-state index in [4.69, 9.17) is 4.98 Å². The van der Waals surface area contributed by atoms with Crippen molar-refractivity contribution in [1.29, 1.82) is 0 Å². The van der Waals surface area contributed by atoms with Crippen LogP contribution in [0.4, 0.5) is 0 Å². The first kappa shape index (κ1) is 14.7. The Kier molecular flexibility index (Phi) is 4.44. The molecule has 5 heteroatoms. The van der Waals surface area contributed by atoms with Crippen molar-refractivity contribution >= 4 is 5.91 Å². The van der Waals surface area contributed by atoms with E-state index in [1.165, 1.54) is 0 Å². The predicted molar refractivity (Wildman–Crippen MR) is 85.2 cm³/mol. The summed E-state index contributed by atoms with van der Waals surface area (Å²) in [5, 5.41) is 5.92. The van der Waals surface area contributed by atoms with Gasteiger partial charge in [0.2, 0.25) is 5.91 Å². The molecule has 0 aliphatic heterocycles. The number of carbonyl (C=O) groups excluding carboxylic acids is 1. The minimum Gasteiger partial charge on any atom is -0.348 e. The fraction of sp³-hybridized carbons (Fsp3) is 0.353. The Labute approximate surface area is 130 Å². The third kappa shape index (κ3) is 3.14. The number of likely N-dealkylation sites (N-methyl/N-ethyl adjacent to an activating group) is 1. The molecule has 0 radical (unpaired) electrons. The second-order valence-electron chi connectivity index (χ2n) is 5.50. The maximum Gasteiger partial charge on any atom is 0.234 e. The van der Waals surface area contributed by atoms with Crippen LogP contribution in [0, 0.1) is 0 Å². The van der Waals surface area contributed by atoms with Crippen LogP contribution in [0.1, 0.15) is 30.1 Å². The fourth-order valence-electron chi connectivity index (χ4n) is 2.83. The van der Waals surface area contributed by atoms with Crippen molar-refractivity contribution in [2.24, 2.45) is 0 Å². The molecular weight excluding hydrogens is 276 g/mol. The summed E-state index contributed by atoms with van der Waals surface area (Å²) in [6, 6.07) is 10.00. The summed E-state index contributed by atoms with van der Waals surface area (Å²) in [5.74, 6) is 0.758. The second-order valence-corrected chi connectivity index (χ2v) is 5.50. The van der Waals surface area contributed by atoms with Gasteiger partial charge in [0.25, 0.3) is 0 Å². The van der Waals surface area contributed by atoms with Crippen molar-refractivity contribution in [3.8, 4) is 11.4 Å². The first-order valence-electron chi connectivity index (χ1n) is 7.63. The van der Waals surface area contributed by atoms with Crippen molar-refractivity contribution in [3.63, 3.8) is 0 Å². The van der Waals surface area contributed by atoms with Gasteiger partial charge in [-0.05, 0) is 26.3 Å². The first-order chi connectivity index (χ1) is 10.8. The van der Waals surface area contributed by atoms with Crippen molar-refractivity contribution in [2.45, 2.75) is 25.3 Å². The fourth-order valence-corrected chi connectivity index (χ4v) is 2.83. The number of benzene rings is 1. The zero-order valence-corrected chi connectivity index (χ0v) is 12.7. The zero-order valence-electron chi connectivity index (χ0n) is 12.7. The van der Waals surface area contributed by atoms with E-state index in [-0.39, 0.29) is 11.9 Å². The smallest absolute Gasteiger partial charge is 0.234 e. The van der Waals surface area contributed by atoms with E-state index < -0.39 is 0 Å². The number of fused-ring (bicyclic) bond motifs is 1. The van der Waals surface area contributed by atoms with E-state index in [0.29, 0.717) is 6.54 Å². The Bertz CT molecular complexity index is 657. The SMILES string of the molecule is CNCC(=O)N[C@@H]1CCCc2nc(-c3ccccc3)ncc21. The Hall–Kier alpha value is -2.27. The molecule has 0 unspecified atom stereocenters. The van der Waals surface area contributed by atoms with E-state index in [1.807, 2.05) is 36.5 Å². The lowest BCUT2D eigenvalue weighted by atomic mass is 9.92. The summed E-state index contributed by atoms with van der Waals surface area (Å²) >= 11 is 0. The molecule has 2 N–H and O–H groups in total. The van der Waals surface area contributed by atoms with Crippen LogP contribution in [0.2, 0.25) is 0 Å². The highest BCUT2D eigenvalue weighted by atomic mass is 16.1. The summed E-state index contributed by atoms with van der Waals surface area (Å²) < 4.78 is 0. The van der Waals surface area contributed by atoms with Gasteiger partial charge in [-0.2, -0.15) is 0 Å². The van der Waals surface area contributed by atoms with Gasteiger partial charge in [-0.3, -0.25) is 4.79 Å². The number of amides is 1. The van der Waals surface area contributed by atoms with E-state index in [0.717, 1.165) is 41.9 Å². The van der Waals surface area contributed by atoms with Crippen LogP contribution in [0.3, 0.4) is 0 Å². The molecule has 1 amide bonds. The molecule has 5 nitrogen and oxygen atoms in total. The maximum atomic E-state index is 11.8. The van der Waals surface area contributed by atoms with Crippen LogP contribution in [-0.2, 0) is 11.2 Å². The number of carbonyl (C=O) groups is 1. The monoisotopic (exact) mass is 296 g/mol. The first-order valence-corrected chi connectivity index (χ1v) is 7.63. The Balaban J connectivity index is 1.85. The van der Waals surface area contributed by atoms with Gasteiger partial charge in [0.15, 0.2) is 5.82 Å². The van der Waals surface area contributed by atoms with Gasteiger partial charge in [-0.15, -0.1) is 0 Å². The molecule has 1 aliphatic rings. The molecule has 0 fully saturated rings. The molecule has 114 valence electrons. The standard InChI is InChI=1S/C17H20N4O/c1-18-11-16(22)20-14-8-5-9-15-13(14)10-19-17(21-15)12-6-3-2-4-7-12/h2-4,6-7,10,14,18H,5,8-9,11H2,1H3,(H,20,22)/t14-/m1/s1. The minimum atomic E-state index is 0.00693. The second kappa shape index (κ2) is 6.66. The molecule has 1 aromatic carbocycles. The zero-order chi connectivity index (χ0) is 15.4. The molecule has 1 aromatic heterocycles. The highest BCUT2D eigenvalue weighted by Gasteiger charge is 2.23. The number of aryl methyl sites for hydroxylation is 1. The van der Waals surface area contributed by atoms with Gasteiger partial charge in [0, 0.05) is 23.0 Å². The van der Waals surface area contributed by atoms with Gasteiger partial charge in [-0.25, -0.2) is 9.97 Å². The number of hydrogen-bond acceptors (Lipinski definition) is 4. The Morgan fingerprint density at radius 3 is 2.91 bits per heavy atom. The Morgan fingerprint density at radius 2 is 2.14 bits per heavy atom. The molecule has 1 heterocycles. The number of rotatable bonds is 4. The molecule has 0 bridgehead atoms. The molecule has 1 atom stereocenters. The third-order valence-corrected chi connectivity index (χ3v) is 3.89. The number of hydrogen-bond donors (Lipinski definition) is 2. The van der Waals surface area contributed by atoms with E-state index in [2.05, 4.69) is 15.6 Å². The van der Waals surface area contributed by atoms with Crippen LogP contribution in [0.15, 0.2) is 36.5 Å². The summed E-state index contributed by atoms with van der Waals surface area (Å²) in [6.07, 6.45) is 4.78. The average molecular weight is 296 g/mol. The Morgan fingerprint density at radius 1 is 1.32 bits per heavy atom. The predicted octanol–water partition coefficient (Wildman–Crippen LogP) is 1.86. The number of nitrogens with zero attached hydrogens (tertiary/aromatic N) is 2. The normalized spacial score (nSPS) is 16.9. The lowest BCUT2D eigenvalue weighted by molar-refractivity contribution is -0.121. The van der Waals surface area contributed by atoms with Crippen LogP contribution in [-0.4, -0.2) is 29.5 Å². The van der Waals surface area contributed by atoms with Crippen molar-refractivity contribution in [2.75, 3.05) is 13.6 Å². The van der Waals surface area contributed by atoms with Gasteiger partial charge in [-0.1, -0.05) is 30.3 Å². The molecule has 3 rings (SSSR count). The lowest BCUT2D eigenvalue weighted by Crippen LogP contribution is -2.36. The summed E-state index contributed by atoms with van der Waals surface area (Å²) in [7, 11) is 1.77. The summed E-state index contributed by atoms with van der Waals surface area (Å²) in [4.78, 5) is 21.0. The molecule has 2 aromatic rings. The number of nitrogens with one attached hydrogen (secondary N) is 2. The van der Waals surface area contributed by atoms with Gasteiger partial charge < -0.3 is 10.6 Å². The molecule has 1 aliphatic carbocycles. The van der Waals surface area contributed by atoms with Crippen LogP contribution >= 0.6 is 0 Å². The van der Waals surface area contributed by atoms with Crippen molar-refractivity contribution in [1.82, 2.24) is 20.6 Å². The third-order valence-electron chi connectivity index (χ3n) is 3.89. The largest absolute Gasteiger partial charge is 0.348 e. The van der Waals surface area contributed by atoms with E-state index >= 15 is 0 Å². The van der Waals surface area contributed by atoms with Gasteiger partial charge in [0.05, 0.1) is 12.6 Å². The topological polar surface area (TPSA) is 66.9 Å². The molecule has 22 heavy (non-hydrogen) atoms. The van der Waals surface area contributed by atoms with Gasteiger partial charge in [0.1, 0.15) is 0 Å². The van der Waals surface area contributed by atoms with Crippen LogP contribution in [0.5, 0.6) is 0 Å². The lowest BCUT2D eigenvalue weighted by Gasteiger charge is -2.25. The van der Waals surface area contributed by atoms with Crippen molar-refractivity contribution < 1.29 is 4.79 Å². The minimum absolute atomic E-state index is 0.00693. The quantitative estimate of drug-likeness (QED) is 0.903. The highest BCUT2D eigenvalue weighted by molar-refractivity contribution is 5.78. The summed E-state index contributed by atoms with van der Waals surface area (Å²) in [6.45, 7) is 0.328.